The van der Waals surface area contributed by atoms with Gasteiger partial charge in [0.05, 0.1) is 18.1 Å². The van der Waals surface area contributed by atoms with Gasteiger partial charge in [0.1, 0.15) is 0 Å². The van der Waals surface area contributed by atoms with Gasteiger partial charge in [-0.25, -0.2) is 0 Å². The lowest BCUT2D eigenvalue weighted by molar-refractivity contribution is -0.128. The molecule has 90 valence electrons. The van der Waals surface area contributed by atoms with Crippen molar-refractivity contribution in [2.75, 3.05) is 6.54 Å². The van der Waals surface area contributed by atoms with Crippen molar-refractivity contribution in [3.8, 4) is 0 Å². The Balaban J connectivity index is 1.84. The molecule has 16 heavy (non-hydrogen) atoms. The zero-order valence-corrected chi connectivity index (χ0v) is 9.24. The van der Waals surface area contributed by atoms with Crippen LogP contribution >= 0.6 is 0 Å². The van der Waals surface area contributed by atoms with Crippen LogP contribution in [0, 0.1) is 5.92 Å². The lowest BCUT2D eigenvalue weighted by Crippen LogP contribution is -2.47. The van der Waals surface area contributed by atoms with Gasteiger partial charge < -0.3 is 15.7 Å². The Morgan fingerprint density at radius 2 is 2.12 bits per heavy atom. The maximum absolute atomic E-state index is 11.8. The van der Waals surface area contributed by atoms with Gasteiger partial charge in [-0.2, -0.15) is 0 Å². The van der Waals surface area contributed by atoms with Gasteiger partial charge >= 0.3 is 0 Å². The molecule has 1 heterocycles. The van der Waals surface area contributed by atoms with Crippen molar-refractivity contribution in [2.45, 2.75) is 44.2 Å². The van der Waals surface area contributed by atoms with E-state index in [4.69, 9.17) is 0 Å². The Labute approximate surface area is 94.6 Å². The summed E-state index contributed by atoms with van der Waals surface area (Å²) in [4.78, 5) is 22.8. The lowest BCUT2D eigenvalue weighted by Gasteiger charge is -2.29. The minimum Gasteiger partial charge on any atom is -0.391 e. The van der Waals surface area contributed by atoms with E-state index in [1.165, 1.54) is 0 Å². The van der Waals surface area contributed by atoms with E-state index >= 15 is 0 Å². The van der Waals surface area contributed by atoms with Gasteiger partial charge in [0.15, 0.2) is 0 Å². The topological polar surface area (TPSA) is 78.4 Å². The van der Waals surface area contributed by atoms with Crippen LogP contribution in [0.2, 0.25) is 0 Å². The quantitative estimate of drug-likeness (QED) is 0.596. The number of hydrogen-bond donors (Lipinski definition) is 3. The third kappa shape index (κ3) is 2.52. The molecule has 1 aliphatic carbocycles. The van der Waals surface area contributed by atoms with Crippen LogP contribution in [0.25, 0.3) is 0 Å². The second-order valence-electron chi connectivity index (χ2n) is 4.67. The smallest absolute Gasteiger partial charge is 0.225 e. The molecule has 5 nitrogen and oxygen atoms in total. The summed E-state index contributed by atoms with van der Waals surface area (Å²) < 4.78 is 0. The second-order valence-corrected chi connectivity index (χ2v) is 4.67. The summed E-state index contributed by atoms with van der Waals surface area (Å²) >= 11 is 0. The number of aliphatic hydroxyl groups excluding tert-OH is 1. The average molecular weight is 226 g/mol. The molecule has 0 aromatic carbocycles. The van der Waals surface area contributed by atoms with E-state index in [2.05, 4.69) is 10.6 Å². The first-order valence-corrected chi connectivity index (χ1v) is 5.92. The van der Waals surface area contributed by atoms with Crippen LogP contribution in [0.15, 0.2) is 0 Å². The van der Waals surface area contributed by atoms with Crippen LogP contribution in [0.5, 0.6) is 0 Å². The highest BCUT2D eigenvalue weighted by Gasteiger charge is 2.31. The standard InChI is InChI=1S/C11H18N2O3/c14-9-4-2-1-3-8(9)13-11(16)7-5-10(15)12-6-7/h7-9,14H,1-6H2,(H,12,15)(H,13,16). The Morgan fingerprint density at radius 3 is 2.75 bits per heavy atom. The predicted octanol–water partition coefficient (Wildman–Crippen LogP) is -0.458. The molecule has 0 radical (unpaired) electrons. The molecule has 1 saturated heterocycles. The van der Waals surface area contributed by atoms with Crippen molar-refractivity contribution < 1.29 is 14.7 Å². The minimum atomic E-state index is -0.428. The Morgan fingerprint density at radius 1 is 1.38 bits per heavy atom. The fourth-order valence-electron chi connectivity index (χ4n) is 2.37. The maximum Gasteiger partial charge on any atom is 0.225 e. The molecule has 1 aliphatic heterocycles. The van der Waals surface area contributed by atoms with E-state index in [-0.39, 0.29) is 30.2 Å². The fourth-order valence-corrected chi connectivity index (χ4v) is 2.37. The molecular formula is C11H18N2O3. The molecule has 3 N–H and O–H groups in total. The van der Waals surface area contributed by atoms with E-state index in [1.807, 2.05) is 0 Å². The molecule has 5 heteroatoms. The predicted molar refractivity (Wildman–Crippen MR) is 57.5 cm³/mol. The number of nitrogens with one attached hydrogen (secondary N) is 2. The normalized spacial score (nSPS) is 34.6. The highest BCUT2D eigenvalue weighted by atomic mass is 16.3. The van der Waals surface area contributed by atoms with Gasteiger partial charge in [-0.3, -0.25) is 9.59 Å². The summed E-state index contributed by atoms with van der Waals surface area (Å²) in [7, 11) is 0. The van der Waals surface area contributed by atoms with Crippen molar-refractivity contribution in [2.24, 2.45) is 5.92 Å². The first-order chi connectivity index (χ1) is 7.66. The number of carbonyl (C=O) groups is 2. The van der Waals surface area contributed by atoms with Crippen LogP contribution in [0.3, 0.4) is 0 Å². The molecule has 3 unspecified atom stereocenters. The molecule has 0 aromatic rings. The number of rotatable bonds is 2. The molecule has 2 amide bonds. The highest BCUT2D eigenvalue weighted by molar-refractivity contribution is 5.89. The summed E-state index contributed by atoms with van der Waals surface area (Å²) in [6.45, 7) is 0.424. The van der Waals surface area contributed by atoms with Gasteiger partial charge in [0.2, 0.25) is 11.8 Å². The largest absolute Gasteiger partial charge is 0.391 e. The fraction of sp³-hybridized carbons (Fsp3) is 0.818. The molecule has 2 rings (SSSR count). The Hall–Kier alpha value is -1.10. The van der Waals surface area contributed by atoms with Crippen LogP contribution in [0.1, 0.15) is 32.1 Å². The van der Waals surface area contributed by atoms with E-state index in [0.717, 1.165) is 25.7 Å². The first kappa shape index (κ1) is 11.4. The van der Waals surface area contributed by atoms with E-state index in [9.17, 15) is 14.7 Å². The minimum absolute atomic E-state index is 0.0654. The molecule has 2 fully saturated rings. The summed E-state index contributed by atoms with van der Waals surface area (Å²) in [6, 6.07) is -0.128. The third-order valence-corrected chi connectivity index (χ3v) is 3.41. The molecular weight excluding hydrogens is 208 g/mol. The molecule has 0 spiro atoms. The van der Waals surface area contributed by atoms with Crippen molar-refractivity contribution in [1.82, 2.24) is 10.6 Å². The number of amides is 2. The van der Waals surface area contributed by atoms with Crippen LogP contribution in [0.4, 0.5) is 0 Å². The molecule has 3 atom stereocenters. The van der Waals surface area contributed by atoms with E-state index in [1.54, 1.807) is 0 Å². The summed E-state index contributed by atoms with van der Waals surface area (Å²) in [6.07, 6.45) is 3.51. The van der Waals surface area contributed by atoms with E-state index < -0.39 is 6.10 Å². The monoisotopic (exact) mass is 226 g/mol. The lowest BCUT2D eigenvalue weighted by atomic mass is 9.92. The van der Waals surface area contributed by atoms with Gasteiger partial charge in [-0.05, 0) is 12.8 Å². The number of aliphatic hydroxyl groups is 1. The van der Waals surface area contributed by atoms with Gasteiger partial charge in [0, 0.05) is 13.0 Å². The summed E-state index contributed by atoms with van der Waals surface area (Å²) in [5.74, 6) is -0.435. The van der Waals surface area contributed by atoms with Crippen molar-refractivity contribution in [3.63, 3.8) is 0 Å². The Kier molecular flexibility index (Phi) is 3.43. The highest BCUT2D eigenvalue weighted by Crippen LogP contribution is 2.19. The van der Waals surface area contributed by atoms with Crippen LogP contribution in [-0.4, -0.2) is 35.6 Å². The molecule has 1 saturated carbocycles. The third-order valence-electron chi connectivity index (χ3n) is 3.41. The average Bonchev–Trinajstić information content (AvgIpc) is 2.68. The zero-order chi connectivity index (χ0) is 11.5. The van der Waals surface area contributed by atoms with Gasteiger partial charge in [-0.1, -0.05) is 12.8 Å². The van der Waals surface area contributed by atoms with Gasteiger partial charge in [-0.15, -0.1) is 0 Å². The maximum atomic E-state index is 11.8. The Bertz CT molecular complexity index is 293. The van der Waals surface area contributed by atoms with Crippen molar-refractivity contribution in [1.29, 1.82) is 0 Å². The molecule has 2 aliphatic rings. The SMILES string of the molecule is O=C1CC(C(=O)NC2CCCCC2O)CN1. The molecule has 0 bridgehead atoms. The first-order valence-electron chi connectivity index (χ1n) is 5.92. The van der Waals surface area contributed by atoms with Crippen molar-refractivity contribution >= 4 is 11.8 Å². The van der Waals surface area contributed by atoms with Crippen LogP contribution < -0.4 is 10.6 Å². The van der Waals surface area contributed by atoms with E-state index in [0.29, 0.717) is 6.54 Å². The number of hydrogen-bond acceptors (Lipinski definition) is 3. The van der Waals surface area contributed by atoms with Crippen LogP contribution in [-0.2, 0) is 9.59 Å². The zero-order valence-electron chi connectivity index (χ0n) is 9.24. The van der Waals surface area contributed by atoms with Crippen molar-refractivity contribution in [3.05, 3.63) is 0 Å². The number of carbonyl (C=O) groups excluding carboxylic acids is 2. The van der Waals surface area contributed by atoms with Gasteiger partial charge in [0.25, 0.3) is 0 Å². The summed E-state index contributed by atoms with van der Waals surface area (Å²) in [5, 5.41) is 15.2. The molecule has 0 aromatic heterocycles. The summed E-state index contributed by atoms with van der Waals surface area (Å²) in [5.41, 5.74) is 0. The second kappa shape index (κ2) is 4.82.